The van der Waals surface area contributed by atoms with E-state index in [2.05, 4.69) is 5.32 Å². The second kappa shape index (κ2) is 6.23. The summed E-state index contributed by atoms with van der Waals surface area (Å²) in [6, 6.07) is 10.9. The van der Waals surface area contributed by atoms with E-state index in [4.69, 9.17) is 46.4 Å². The lowest BCUT2D eigenvalue weighted by Gasteiger charge is -2.16. The Morgan fingerprint density at radius 2 is 1.47 bits per heavy atom. The van der Waals surface area contributed by atoms with Crippen LogP contribution in [0.2, 0.25) is 20.1 Å². The molecule has 0 saturated carbocycles. The van der Waals surface area contributed by atoms with Crippen molar-refractivity contribution in [3.63, 3.8) is 0 Å². The Balaban J connectivity index is 2.20. The number of nitrogens with one attached hydrogen (secondary N) is 1. The lowest BCUT2D eigenvalue weighted by Crippen LogP contribution is -2.06. The van der Waals surface area contributed by atoms with Gasteiger partial charge in [0, 0.05) is 21.8 Å². The van der Waals surface area contributed by atoms with E-state index < -0.39 is 0 Å². The molecule has 2 aromatic carbocycles. The number of rotatable bonds is 3. The van der Waals surface area contributed by atoms with E-state index in [0.29, 0.717) is 20.1 Å². The van der Waals surface area contributed by atoms with Gasteiger partial charge in [0.2, 0.25) is 0 Å². The highest BCUT2D eigenvalue weighted by molar-refractivity contribution is 6.42. The first-order valence-corrected chi connectivity index (χ1v) is 7.14. The molecule has 0 fully saturated rings. The van der Waals surface area contributed by atoms with E-state index in [1.807, 2.05) is 31.2 Å². The molecule has 5 heteroatoms. The minimum absolute atomic E-state index is 0.0595. The second-order valence-electron chi connectivity index (χ2n) is 4.20. The normalized spacial score (nSPS) is 12.3. The minimum Gasteiger partial charge on any atom is -0.378 e. The summed E-state index contributed by atoms with van der Waals surface area (Å²) in [6.45, 7) is 2.02. The highest BCUT2D eigenvalue weighted by Gasteiger charge is 2.08. The summed E-state index contributed by atoms with van der Waals surface area (Å²) >= 11 is 23.8. The van der Waals surface area contributed by atoms with Crippen LogP contribution in [0.5, 0.6) is 0 Å². The molecule has 0 spiro atoms. The SMILES string of the molecule is CC(Nc1cc(Cl)cc(Cl)c1)c1ccc(Cl)c(Cl)c1. The van der Waals surface area contributed by atoms with Crippen LogP contribution >= 0.6 is 46.4 Å². The van der Waals surface area contributed by atoms with E-state index >= 15 is 0 Å². The Hall–Kier alpha value is -0.600. The van der Waals surface area contributed by atoms with Gasteiger partial charge in [0.25, 0.3) is 0 Å². The summed E-state index contributed by atoms with van der Waals surface area (Å²) in [4.78, 5) is 0. The average Bonchev–Trinajstić information content (AvgIpc) is 2.31. The van der Waals surface area contributed by atoms with Crippen LogP contribution in [0.25, 0.3) is 0 Å². The van der Waals surface area contributed by atoms with Gasteiger partial charge in [-0.3, -0.25) is 0 Å². The van der Waals surface area contributed by atoms with Gasteiger partial charge >= 0.3 is 0 Å². The van der Waals surface area contributed by atoms with E-state index in [0.717, 1.165) is 11.3 Å². The van der Waals surface area contributed by atoms with Gasteiger partial charge < -0.3 is 5.32 Å². The van der Waals surface area contributed by atoms with Crippen molar-refractivity contribution in [1.29, 1.82) is 0 Å². The highest BCUT2D eigenvalue weighted by atomic mass is 35.5. The van der Waals surface area contributed by atoms with Gasteiger partial charge in [-0.15, -0.1) is 0 Å². The lowest BCUT2D eigenvalue weighted by molar-refractivity contribution is 0.885. The summed E-state index contributed by atoms with van der Waals surface area (Å²) < 4.78 is 0. The van der Waals surface area contributed by atoms with Crippen molar-refractivity contribution in [1.82, 2.24) is 0 Å². The fourth-order valence-corrected chi connectivity index (χ4v) is 2.58. The molecule has 100 valence electrons. The monoisotopic (exact) mass is 333 g/mol. The molecule has 1 N–H and O–H groups in total. The number of halogens is 4. The number of hydrogen-bond donors (Lipinski definition) is 1. The standard InChI is InChI=1S/C14H11Cl4N/c1-8(9-2-3-13(17)14(18)4-9)19-12-6-10(15)5-11(16)7-12/h2-8,19H,1H3. The first-order valence-electron chi connectivity index (χ1n) is 5.63. The smallest absolute Gasteiger partial charge is 0.0595 e. The molecular weight excluding hydrogens is 324 g/mol. The molecule has 0 bridgehead atoms. The van der Waals surface area contributed by atoms with Crippen LogP contribution in [0.1, 0.15) is 18.5 Å². The molecule has 1 atom stereocenters. The van der Waals surface area contributed by atoms with Gasteiger partial charge in [0.05, 0.1) is 10.0 Å². The Labute approximate surface area is 132 Å². The molecule has 0 aromatic heterocycles. The summed E-state index contributed by atoms with van der Waals surface area (Å²) in [7, 11) is 0. The maximum absolute atomic E-state index is 6.01. The van der Waals surface area contributed by atoms with Crippen molar-refractivity contribution in [2.45, 2.75) is 13.0 Å². The Morgan fingerprint density at radius 1 is 0.842 bits per heavy atom. The first kappa shape index (κ1) is 14.8. The van der Waals surface area contributed by atoms with Crippen molar-refractivity contribution in [2.24, 2.45) is 0 Å². The Morgan fingerprint density at radius 3 is 2.05 bits per heavy atom. The fraction of sp³-hybridized carbons (Fsp3) is 0.143. The topological polar surface area (TPSA) is 12.0 Å². The zero-order valence-corrected chi connectivity index (χ0v) is 13.1. The van der Waals surface area contributed by atoms with Gasteiger partial charge in [-0.2, -0.15) is 0 Å². The van der Waals surface area contributed by atoms with Gasteiger partial charge in [-0.05, 0) is 42.8 Å². The minimum atomic E-state index is 0.0595. The fourth-order valence-electron chi connectivity index (χ4n) is 1.75. The molecule has 0 saturated heterocycles. The molecule has 1 nitrogen and oxygen atoms in total. The van der Waals surface area contributed by atoms with Crippen LogP contribution in [0.3, 0.4) is 0 Å². The molecule has 0 radical (unpaired) electrons. The molecule has 0 aliphatic carbocycles. The molecule has 0 amide bonds. The number of hydrogen-bond acceptors (Lipinski definition) is 1. The summed E-state index contributed by atoms with van der Waals surface area (Å²) in [6.07, 6.45) is 0. The van der Waals surface area contributed by atoms with Crippen LogP contribution in [0, 0.1) is 0 Å². The van der Waals surface area contributed by atoms with Crippen molar-refractivity contribution >= 4 is 52.1 Å². The average molecular weight is 335 g/mol. The quantitative estimate of drug-likeness (QED) is 0.677. The van der Waals surface area contributed by atoms with Crippen molar-refractivity contribution in [3.05, 3.63) is 62.1 Å². The highest BCUT2D eigenvalue weighted by Crippen LogP contribution is 2.29. The molecule has 19 heavy (non-hydrogen) atoms. The zero-order chi connectivity index (χ0) is 14.0. The molecule has 2 rings (SSSR count). The zero-order valence-electron chi connectivity index (χ0n) is 10.1. The first-order chi connectivity index (χ1) is 8.95. The third-order valence-electron chi connectivity index (χ3n) is 2.69. The van der Waals surface area contributed by atoms with E-state index in [1.165, 1.54) is 0 Å². The third kappa shape index (κ3) is 3.93. The van der Waals surface area contributed by atoms with E-state index in [1.54, 1.807) is 12.1 Å². The molecule has 0 aliphatic rings. The summed E-state index contributed by atoms with van der Waals surface area (Å²) in [5.74, 6) is 0. The number of anilines is 1. The maximum atomic E-state index is 6.01. The van der Waals surface area contributed by atoms with Crippen LogP contribution in [0.4, 0.5) is 5.69 Å². The molecule has 1 unspecified atom stereocenters. The van der Waals surface area contributed by atoms with Crippen LogP contribution in [-0.4, -0.2) is 0 Å². The molecule has 0 heterocycles. The lowest BCUT2D eigenvalue weighted by atomic mass is 10.1. The van der Waals surface area contributed by atoms with Crippen LogP contribution < -0.4 is 5.32 Å². The van der Waals surface area contributed by atoms with Gasteiger partial charge in [-0.25, -0.2) is 0 Å². The van der Waals surface area contributed by atoms with Crippen molar-refractivity contribution in [3.8, 4) is 0 Å². The predicted molar refractivity (Wildman–Crippen MR) is 85.0 cm³/mol. The summed E-state index contributed by atoms with van der Waals surface area (Å²) in [5, 5.41) is 5.59. The Bertz CT molecular complexity index is 578. The predicted octanol–water partition coefficient (Wildman–Crippen LogP) is 6.47. The molecular formula is C14H11Cl4N. The van der Waals surface area contributed by atoms with Crippen molar-refractivity contribution in [2.75, 3.05) is 5.32 Å². The molecule has 2 aromatic rings. The van der Waals surface area contributed by atoms with Crippen molar-refractivity contribution < 1.29 is 0 Å². The Kier molecular flexibility index (Phi) is 4.86. The van der Waals surface area contributed by atoms with Gasteiger partial charge in [-0.1, -0.05) is 52.5 Å². The largest absolute Gasteiger partial charge is 0.378 e. The molecule has 0 aliphatic heterocycles. The maximum Gasteiger partial charge on any atom is 0.0595 e. The summed E-state index contributed by atoms with van der Waals surface area (Å²) in [5.41, 5.74) is 1.89. The van der Waals surface area contributed by atoms with Gasteiger partial charge in [0.1, 0.15) is 0 Å². The number of benzene rings is 2. The van der Waals surface area contributed by atoms with E-state index in [-0.39, 0.29) is 6.04 Å². The van der Waals surface area contributed by atoms with Gasteiger partial charge in [0.15, 0.2) is 0 Å². The van der Waals surface area contributed by atoms with E-state index in [9.17, 15) is 0 Å². The third-order valence-corrected chi connectivity index (χ3v) is 3.86. The van der Waals surface area contributed by atoms with Crippen LogP contribution in [0.15, 0.2) is 36.4 Å². The van der Waals surface area contributed by atoms with Crippen LogP contribution in [-0.2, 0) is 0 Å². The second-order valence-corrected chi connectivity index (χ2v) is 5.88.